The Morgan fingerprint density at radius 1 is 1.30 bits per heavy atom. The molecule has 0 aliphatic carbocycles. The standard InChI is InChI=1S/C16H15N3O3S/c1-11(2)18(10-13-5-3-12(9-17)4-6-13)16(20)14-7-8-15(23-14)19(21)22/h3-8,11H,10H2,1-2H3. The second-order valence-electron chi connectivity index (χ2n) is 5.23. The third-order valence-electron chi connectivity index (χ3n) is 3.30. The minimum atomic E-state index is -0.498. The molecule has 0 saturated carbocycles. The van der Waals surface area contributed by atoms with Gasteiger partial charge in [0.05, 0.1) is 21.4 Å². The molecule has 0 unspecified atom stereocenters. The van der Waals surface area contributed by atoms with Crippen molar-refractivity contribution in [2.75, 3.05) is 0 Å². The predicted octanol–water partition coefficient (Wildman–Crippen LogP) is 3.58. The molecule has 1 aromatic carbocycles. The minimum Gasteiger partial charge on any atom is -0.331 e. The van der Waals surface area contributed by atoms with Gasteiger partial charge in [0.25, 0.3) is 5.91 Å². The maximum Gasteiger partial charge on any atom is 0.324 e. The molecule has 0 saturated heterocycles. The van der Waals surface area contributed by atoms with Gasteiger partial charge in [-0.05, 0) is 37.6 Å². The van der Waals surface area contributed by atoms with Crippen molar-refractivity contribution in [3.63, 3.8) is 0 Å². The zero-order valence-electron chi connectivity index (χ0n) is 12.7. The van der Waals surface area contributed by atoms with Gasteiger partial charge in [0.15, 0.2) is 0 Å². The van der Waals surface area contributed by atoms with Gasteiger partial charge in [0.1, 0.15) is 0 Å². The molecule has 7 heteroatoms. The van der Waals surface area contributed by atoms with E-state index in [-0.39, 0.29) is 17.0 Å². The number of benzene rings is 1. The maximum absolute atomic E-state index is 12.6. The van der Waals surface area contributed by atoms with Gasteiger partial charge in [-0.3, -0.25) is 14.9 Å². The lowest BCUT2D eigenvalue weighted by Crippen LogP contribution is -2.35. The molecule has 2 rings (SSSR count). The number of amides is 1. The van der Waals surface area contributed by atoms with E-state index in [1.807, 2.05) is 19.9 Å². The normalized spacial score (nSPS) is 10.3. The van der Waals surface area contributed by atoms with Crippen molar-refractivity contribution in [3.05, 3.63) is 62.5 Å². The van der Waals surface area contributed by atoms with E-state index in [2.05, 4.69) is 0 Å². The molecule has 1 heterocycles. The number of nitro groups is 1. The molecular formula is C16H15N3O3S. The monoisotopic (exact) mass is 329 g/mol. The van der Waals surface area contributed by atoms with Crippen LogP contribution in [0.25, 0.3) is 0 Å². The second-order valence-corrected chi connectivity index (χ2v) is 6.29. The molecule has 0 spiro atoms. The zero-order valence-corrected chi connectivity index (χ0v) is 13.5. The molecule has 118 valence electrons. The number of rotatable bonds is 5. The van der Waals surface area contributed by atoms with Crippen LogP contribution in [0.3, 0.4) is 0 Å². The lowest BCUT2D eigenvalue weighted by Gasteiger charge is -2.26. The summed E-state index contributed by atoms with van der Waals surface area (Å²) in [4.78, 5) is 24.9. The van der Waals surface area contributed by atoms with Crippen molar-refractivity contribution < 1.29 is 9.72 Å². The summed E-state index contributed by atoms with van der Waals surface area (Å²) in [6.45, 7) is 4.17. The second kappa shape index (κ2) is 7.03. The number of nitriles is 1. The molecule has 0 bridgehead atoms. The van der Waals surface area contributed by atoms with Gasteiger partial charge in [0, 0.05) is 18.7 Å². The summed E-state index contributed by atoms with van der Waals surface area (Å²) in [5.41, 5.74) is 1.46. The van der Waals surface area contributed by atoms with Crippen LogP contribution >= 0.6 is 11.3 Å². The number of nitrogens with zero attached hydrogens (tertiary/aromatic N) is 3. The van der Waals surface area contributed by atoms with Crippen LogP contribution in [0.5, 0.6) is 0 Å². The van der Waals surface area contributed by atoms with Gasteiger partial charge in [-0.15, -0.1) is 0 Å². The van der Waals surface area contributed by atoms with E-state index in [9.17, 15) is 14.9 Å². The van der Waals surface area contributed by atoms with Crippen molar-refractivity contribution in [3.8, 4) is 6.07 Å². The Bertz CT molecular complexity index is 760. The van der Waals surface area contributed by atoms with Crippen LogP contribution in [0, 0.1) is 21.4 Å². The summed E-state index contributed by atoms with van der Waals surface area (Å²) in [6.07, 6.45) is 0. The fraction of sp³-hybridized carbons (Fsp3) is 0.250. The molecule has 0 atom stereocenters. The van der Waals surface area contributed by atoms with E-state index >= 15 is 0 Å². The predicted molar refractivity (Wildman–Crippen MR) is 87.1 cm³/mol. The first-order chi connectivity index (χ1) is 10.9. The Hall–Kier alpha value is -2.72. The van der Waals surface area contributed by atoms with E-state index in [1.165, 1.54) is 12.1 Å². The smallest absolute Gasteiger partial charge is 0.324 e. The lowest BCUT2D eigenvalue weighted by atomic mass is 10.1. The van der Waals surface area contributed by atoms with Crippen LogP contribution < -0.4 is 0 Å². The number of carbonyl (C=O) groups excluding carboxylic acids is 1. The first-order valence-corrected chi connectivity index (χ1v) is 7.78. The molecule has 1 aromatic heterocycles. The van der Waals surface area contributed by atoms with Crippen molar-refractivity contribution in [1.82, 2.24) is 4.90 Å². The largest absolute Gasteiger partial charge is 0.331 e. The molecule has 6 nitrogen and oxygen atoms in total. The highest BCUT2D eigenvalue weighted by Gasteiger charge is 2.23. The highest BCUT2D eigenvalue weighted by Crippen LogP contribution is 2.26. The van der Waals surface area contributed by atoms with E-state index in [4.69, 9.17) is 5.26 Å². The van der Waals surface area contributed by atoms with Gasteiger partial charge in [-0.2, -0.15) is 5.26 Å². The summed E-state index contributed by atoms with van der Waals surface area (Å²) in [7, 11) is 0. The minimum absolute atomic E-state index is 0.0459. The summed E-state index contributed by atoms with van der Waals surface area (Å²) in [5, 5.41) is 19.5. The van der Waals surface area contributed by atoms with Crippen molar-refractivity contribution in [2.24, 2.45) is 0 Å². The summed E-state index contributed by atoms with van der Waals surface area (Å²) < 4.78 is 0. The fourth-order valence-corrected chi connectivity index (χ4v) is 2.83. The molecule has 0 aliphatic heterocycles. The number of carbonyl (C=O) groups is 1. The Morgan fingerprint density at radius 3 is 2.43 bits per heavy atom. The summed E-state index contributed by atoms with van der Waals surface area (Å²) in [5.74, 6) is -0.234. The molecular weight excluding hydrogens is 314 g/mol. The van der Waals surface area contributed by atoms with Crippen molar-refractivity contribution >= 4 is 22.2 Å². The Kier molecular flexibility index (Phi) is 5.09. The maximum atomic E-state index is 12.6. The van der Waals surface area contributed by atoms with Crippen LogP contribution in [-0.4, -0.2) is 21.8 Å². The molecule has 2 aromatic rings. The highest BCUT2D eigenvalue weighted by molar-refractivity contribution is 7.17. The Morgan fingerprint density at radius 2 is 1.96 bits per heavy atom. The average molecular weight is 329 g/mol. The van der Waals surface area contributed by atoms with E-state index in [0.717, 1.165) is 16.9 Å². The van der Waals surface area contributed by atoms with Crippen molar-refractivity contribution in [1.29, 1.82) is 5.26 Å². The first-order valence-electron chi connectivity index (χ1n) is 6.96. The fourth-order valence-electron chi connectivity index (χ4n) is 2.05. The molecule has 0 fully saturated rings. The van der Waals surface area contributed by atoms with E-state index in [0.29, 0.717) is 17.0 Å². The zero-order chi connectivity index (χ0) is 17.0. The van der Waals surface area contributed by atoms with Crippen LogP contribution in [-0.2, 0) is 6.54 Å². The summed E-state index contributed by atoms with van der Waals surface area (Å²) in [6, 6.07) is 11.8. The van der Waals surface area contributed by atoms with Gasteiger partial charge in [-0.25, -0.2) is 0 Å². The average Bonchev–Trinajstić information content (AvgIpc) is 3.02. The van der Waals surface area contributed by atoms with Crippen LogP contribution in [0.4, 0.5) is 5.00 Å². The molecule has 0 aliphatic rings. The quantitative estimate of drug-likeness (QED) is 0.619. The van der Waals surface area contributed by atoms with Gasteiger partial charge in [-0.1, -0.05) is 23.5 Å². The highest BCUT2D eigenvalue weighted by atomic mass is 32.1. The number of thiophene rings is 1. The first kappa shape index (κ1) is 16.6. The third-order valence-corrected chi connectivity index (χ3v) is 4.33. The molecule has 1 amide bonds. The molecule has 23 heavy (non-hydrogen) atoms. The Labute approximate surface area is 137 Å². The van der Waals surface area contributed by atoms with E-state index in [1.54, 1.807) is 29.2 Å². The van der Waals surface area contributed by atoms with Crippen molar-refractivity contribution in [2.45, 2.75) is 26.4 Å². The molecule has 0 N–H and O–H groups in total. The van der Waals surface area contributed by atoms with Gasteiger partial charge >= 0.3 is 5.00 Å². The lowest BCUT2D eigenvalue weighted by molar-refractivity contribution is -0.380. The van der Waals surface area contributed by atoms with Crippen LogP contribution in [0.2, 0.25) is 0 Å². The SMILES string of the molecule is CC(C)N(Cc1ccc(C#N)cc1)C(=O)c1ccc([N+](=O)[O-])s1. The van der Waals surface area contributed by atoms with E-state index < -0.39 is 4.92 Å². The van der Waals surface area contributed by atoms with Crippen LogP contribution in [0.15, 0.2) is 36.4 Å². The topological polar surface area (TPSA) is 87.2 Å². The number of hydrogen-bond acceptors (Lipinski definition) is 5. The summed E-state index contributed by atoms with van der Waals surface area (Å²) >= 11 is 0.878. The Balaban J connectivity index is 2.21. The molecule has 0 radical (unpaired) electrons. The van der Waals surface area contributed by atoms with Gasteiger partial charge in [0.2, 0.25) is 0 Å². The van der Waals surface area contributed by atoms with Crippen LogP contribution in [0.1, 0.15) is 34.6 Å². The number of hydrogen-bond donors (Lipinski definition) is 0. The van der Waals surface area contributed by atoms with Gasteiger partial charge < -0.3 is 4.90 Å². The third kappa shape index (κ3) is 3.93.